The van der Waals surface area contributed by atoms with Crippen molar-refractivity contribution in [2.75, 3.05) is 7.11 Å². The molecule has 0 aliphatic heterocycles. The number of rotatable bonds is 2. The molecule has 1 atom stereocenters. The minimum absolute atomic E-state index is 0.296. The van der Waals surface area contributed by atoms with E-state index in [2.05, 4.69) is 74.5 Å². The van der Waals surface area contributed by atoms with Crippen LogP contribution in [0.2, 0.25) is 0 Å². The van der Waals surface area contributed by atoms with Crippen LogP contribution in [0.1, 0.15) is 30.9 Å². The molecule has 4 rings (SSSR count). The Hall–Kier alpha value is -2.54. The molecule has 0 saturated heterocycles. The summed E-state index contributed by atoms with van der Waals surface area (Å²) >= 11 is 0. The highest BCUT2D eigenvalue weighted by Crippen LogP contribution is 2.50. The lowest BCUT2D eigenvalue weighted by molar-refractivity contribution is 0.414. The van der Waals surface area contributed by atoms with Gasteiger partial charge >= 0.3 is 0 Å². The van der Waals surface area contributed by atoms with Crippen molar-refractivity contribution in [2.24, 2.45) is 0 Å². The van der Waals surface area contributed by atoms with E-state index in [9.17, 15) is 0 Å². The van der Waals surface area contributed by atoms with E-state index in [0.29, 0.717) is 5.92 Å². The summed E-state index contributed by atoms with van der Waals surface area (Å²) in [7, 11) is 1.73. The summed E-state index contributed by atoms with van der Waals surface area (Å²) in [4.78, 5) is 0. The van der Waals surface area contributed by atoms with Gasteiger partial charge in [-0.05, 0) is 59.4 Å². The Balaban J connectivity index is 1.93. The summed E-state index contributed by atoms with van der Waals surface area (Å²) in [6.45, 7) is 4.33. The van der Waals surface area contributed by atoms with Crippen LogP contribution in [0.3, 0.4) is 0 Å². The van der Waals surface area contributed by atoms with Crippen LogP contribution in [0.15, 0.2) is 77.4 Å². The van der Waals surface area contributed by atoms with E-state index in [1.807, 2.05) is 0 Å². The van der Waals surface area contributed by atoms with Gasteiger partial charge in [0.1, 0.15) is 5.75 Å². The molecule has 1 nitrogen and oxygen atoms in total. The third-order valence-corrected chi connectivity index (χ3v) is 4.82. The van der Waals surface area contributed by atoms with Gasteiger partial charge in [-0.25, -0.2) is 0 Å². The lowest BCUT2D eigenvalue weighted by atomic mass is 9.89. The van der Waals surface area contributed by atoms with E-state index in [4.69, 9.17) is 4.74 Å². The summed E-state index contributed by atoms with van der Waals surface area (Å²) in [6, 6.07) is 15.2. The van der Waals surface area contributed by atoms with Gasteiger partial charge in [-0.15, -0.1) is 0 Å². The van der Waals surface area contributed by atoms with Crippen molar-refractivity contribution < 1.29 is 4.74 Å². The summed E-state index contributed by atoms with van der Waals surface area (Å²) in [5, 5.41) is 0. The predicted molar refractivity (Wildman–Crippen MR) is 95.9 cm³/mol. The van der Waals surface area contributed by atoms with Crippen LogP contribution >= 0.6 is 0 Å². The van der Waals surface area contributed by atoms with Crippen molar-refractivity contribution >= 4 is 0 Å². The molecule has 0 bridgehead atoms. The molecule has 0 heterocycles. The molecular formula is C22H20O. The lowest BCUT2D eigenvalue weighted by Crippen LogP contribution is -1.98. The van der Waals surface area contributed by atoms with Crippen LogP contribution in [0.4, 0.5) is 0 Å². The normalized spacial score (nSPS) is 17.8. The summed E-state index contributed by atoms with van der Waals surface area (Å²) in [5.74, 6) is 1.22. The van der Waals surface area contributed by atoms with E-state index in [1.165, 1.54) is 39.0 Å². The second-order valence-corrected chi connectivity index (χ2v) is 6.41. The predicted octanol–water partition coefficient (Wildman–Crippen LogP) is 5.64. The molecule has 0 N–H and O–H groups in total. The monoisotopic (exact) mass is 300 g/mol. The van der Waals surface area contributed by atoms with Gasteiger partial charge in [0.25, 0.3) is 0 Å². The fourth-order valence-electron chi connectivity index (χ4n) is 3.62. The largest absolute Gasteiger partial charge is 0.497 e. The molecule has 2 aromatic rings. The van der Waals surface area contributed by atoms with Crippen molar-refractivity contribution in [1.29, 1.82) is 0 Å². The van der Waals surface area contributed by atoms with Gasteiger partial charge in [0.15, 0.2) is 0 Å². The number of benzene rings is 2. The molecule has 0 amide bonds. The van der Waals surface area contributed by atoms with E-state index in [1.54, 1.807) is 7.11 Å². The average molecular weight is 300 g/mol. The number of methoxy groups -OCH3 is 1. The fourth-order valence-corrected chi connectivity index (χ4v) is 3.62. The zero-order chi connectivity index (χ0) is 16.0. The lowest BCUT2D eigenvalue weighted by Gasteiger charge is -2.14. The molecular weight excluding hydrogens is 280 g/mol. The van der Waals surface area contributed by atoms with Gasteiger partial charge in [0, 0.05) is 5.92 Å². The average Bonchev–Trinajstić information content (AvgIpc) is 3.16. The van der Waals surface area contributed by atoms with E-state index in [0.717, 1.165) is 5.75 Å². The van der Waals surface area contributed by atoms with Crippen molar-refractivity contribution in [2.45, 2.75) is 19.8 Å². The van der Waals surface area contributed by atoms with Gasteiger partial charge in [-0.1, -0.05) is 54.1 Å². The Labute approximate surface area is 137 Å². The van der Waals surface area contributed by atoms with Crippen LogP contribution in [0, 0.1) is 0 Å². The molecule has 2 aliphatic carbocycles. The molecule has 23 heavy (non-hydrogen) atoms. The molecule has 0 aromatic heterocycles. The standard InChI is InChI=1S/C22H20O/c1-14(2)15-8-9-16(12-15)22-20-7-5-4-6-18(20)19-11-10-17(23-3)13-21(19)22/h4-13,22H,1-3H3. The molecule has 0 fully saturated rings. The second-order valence-electron chi connectivity index (χ2n) is 6.41. The SMILES string of the molecule is COc1ccc2c(c1)C(C1=CC(=C(C)C)C=C1)c1ccccc1-2. The maximum atomic E-state index is 5.46. The third-order valence-electron chi connectivity index (χ3n) is 4.82. The minimum atomic E-state index is 0.296. The fraction of sp³-hybridized carbons (Fsp3) is 0.182. The van der Waals surface area contributed by atoms with Gasteiger partial charge in [-0.2, -0.15) is 0 Å². The maximum Gasteiger partial charge on any atom is 0.119 e. The Morgan fingerprint density at radius 2 is 1.70 bits per heavy atom. The Bertz CT molecular complexity index is 877. The van der Waals surface area contributed by atoms with Crippen molar-refractivity contribution in [3.05, 3.63) is 88.5 Å². The van der Waals surface area contributed by atoms with Crippen molar-refractivity contribution in [1.82, 2.24) is 0 Å². The zero-order valence-corrected chi connectivity index (χ0v) is 13.8. The van der Waals surface area contributed by atoms with Gasteiger partial charge in [-0.3, -0.25) is 0 Å². The zero-order valence-electron chi connectivity index (χ0n) is 13.8. The van der Waals surface area contributed by atoms with Crippen LogP contribution < -0.4 is 4.74 Å². The van der Waals surface area contributed by atoms with E-state index >= 15 is 0 Å². The molecule has 1 unspecified atom stereocenters. The molecule has 0 spiro atoms. The maximum absolute atomic E-state index is 5.46. The van der Waals surface area contributed by atoms with E-state index < -0.39 is 0 Å². The first kappa shape index (κ1) is 14.1. The van der Waals surface area contributed by atoms with E-state index in [-0.39, 0.29) is 0 Å². The molecule has 2 aliphatic rings. The third kappa shape index (κ3) is 2.16. The molecule has 0 radical (unpaired) electrons. The van der Waals surface area contributed by atoms with Gasteiger partial charge < -0.3 is 4.74 Å². The summed E-state index contributed by atoms with van der Waals surface area (Å²) in [5.41, 5.74) is 9.45. The molecule has 114 valence electrons. The first-order valence-electron chi connectivity index (χ1n) is 8.03. The van der Waals surface area contributed by atoms with Crippen LogP contribution in [-0.4, -0.2) is 7.11 Å². The van der Waals surface area contributed by atoms with Gasteiger partial charge in [0.2, 0.25) is 0 Å². The highest BCUT2D eigenvalue weighted by atomic mass is 16.5. The molecule has 1 heteroatoms. The summed E-state index contributed by atoms with van der Waals surface area (Å²) in [6.07, 6.45) is 6.81. The Morgan fingerprint density at radius 3 is 2.43 bits per heavy atom. The number of hydrogen-bond acceptors (Lipinski definition) is 1. The number of hydrogen-bond donors (Lipinski definition) is 0. The highest BCUT2D eigenvalue weighted by molar-refractivity contribution is 5.82. The minimum Gasteiger partial charge on any atom is -0.497 e. The highest BCUT2D eigenvalue weighted by Gasteiger charge is 2.31. The van der Waals surface area contributed by atoms with Crippen LogP contribution in [0.5, 0.6) is 5.75 Å². The Kier molecular flexibility index (Phi) is 3.23. The van der Waals surface area contributed by atoms with Crippen molar-refractivity contribution in [3.8, 4) is 16.9 Å². The van der Waals surface area contributed by atoms with Crippen molar-refractivity contribution in [3.63, 3.8) is 0 Å². The topological polar surface area (TPSA) is 9.23 Å². The van der Waals surface area contributed by atoms with Gasteiger partial charge in [0.05, 0.1) is 7.11 Å². The van der Waals surface area contributed by atoms with Crippen LogP contribution in [0.25, 0.3) is 11.1 Å². The first-order valence-corrected chi connectivity index (χ1v) is 8.03. The van der Waals surface area contributed by atoms with Crippen LogP contribution in [-0.2, 0) is 0 Å². The molecule has 0 saturated carbocycles. The quantitative estimate of drug-likeness (QED) is 0.697. The smallest absolute Gasteiger partial charge is 0.119 e. The first-order chi connectivity index (χ1) is 11.2. The number of ether oxygens (including phenoxy) is 1. The number of fused-ring (bicyclic) bond motifs is 3. The second kappa shape index (κ2) is 5.27. The number of allylic oxidation sites excluding steroid dienone is 6. The molecule has 2 aromatic carbocycles. The summed E-state index contributed by atoms with van der Waals surface area (Å²) < 4.78 is 5.46. The Morgan fingerprint density at radius 1 is 0.913 bits per heavy atom.